The number of nitrogens with zero attached hydrogens (tertiary/aromatic N) is 3. The van der Waals surface area contributed by atoms with Crippen LogP contribution in [0.25, 0.3) is 0 Å². The van der Waals surface area contributed by atoms with Gasteiger partial charge in [0.15, 0.2) is 6.61 Å². The summed E-state index contributed by atoms with van der Waals surface area (Å²) in [6.45, 7) is 0.518. The number of nitrogen functional groups attached to an aromatic ring is 1. The van der Waals surface area contributed by atoms with E-state index in [9.17, 15) is 4.79 Å². The summed E-state index contributed by atoms with van der Waals surface area (Å²) < 4.78 is 7.11. The van der Waals surface area contributed by atoms with Crippen LogP contribution in [0.3, 0.4) is 0 Å². The molecule has 1 aromatic carbocycles. The molecule has 0 bridgehead atoms. The molecule has 2 heterocycles. The van der Waals surface area contributed by atoms with E-state index in [4.69, 9.17) is 10.5 Å². The molecule has 1 amide bonds. The van der Waals surface area contributed by atoms with Gasteiger partial charge in [-0.25, -0.2) is 0 Å². The fraction of sp³-hybridized carbons (Fsp3) is 0.231. The highest BCUT2D eigenvalue weighted by Crippen LogP contribution is 2.34. The summed E-state index contributed by atoms with van der Waals surface area (Å²) >= 11 is 0. The molecule has 6 nitrogen and oxygen atoms in total. The van der Waals surface area contributed by atoms with Crippen molar-refractivity contribution < 1.29 is 9.53 Å². The molecule has 6 heteroatoms. The first kappa shape index (κ1) is 11.6. The zero-order valence-corrected chi connectivity index (χ0v) is 10.5. The fourth-order valence-corrected chi connectivity index (χ4v) is 2.13. The number of carbonyl (C=O) groups excluding carboxylic acids is 1. The molecule has 2 N–H and O–H groups in total. The first-order chi connectivity index (χ1) is 9.13. The number of amides is 1. The average molecular weight is 258 g/mol. The molecule has 0 radical (unpaired) electrons. The van der Waals surface area contributed by atoms with E-state index in [0.29, 0.717) is 18.0 Å². The van der Waals surface area contributed by atoms with Crippen molar-refractivity contribution in [2.75, 3.05) is 17.2 Å². The Bertz CT molecular complexity index is 635. The molecule has 0 saturated heterocycles. The number of ether oxygens (including phenoxy) is 1. The zero-order chi connectivity index (χ0) is 13.4. The van der Waals surface area contributed by atoms with Gasteiger partial charge in [0.2, 0.25) is 0 Å². The fourth-order valence-electron chi connectivity index (χ4n) is 2.13. The third-order valence-corrected chi connectivity index (χ3v) is 3.03. The third-order valence-electron chi connectivity index (χ3n) is 3.03. The van der Waals surface area contributed by atoms with Crippen LogP contribution < -0.4 is 15.4 Å². The number of aromatic nitrogens is 2. The van der Waals surface area contributed by atoms with Gasteiger partial charge in [-0.15, -0.1) is 0 Å². The van der Waals surface area contributed by atoms with Crippen molar-refractivity contribution in [2.45, 2.75) is 6.54 Å². The third kappa shape index (κ3) is 2.12. The van der Waals surface area contributed by atoms with Crippen molar-refractivity contribution in [1.29, 1.82) is 0 Å². The van der Waals surface area contributed by atoms with Gasteiger partial charge in [0.25, 0.3) is 5.91 Å². The molecule has 1 aliphatic heterocycles. The lowest BCUT2D eigenvalue weighted by Gasteiger charge is -2.29. The molecule has 1 aliphatic rings. The van der Waals surface area contributed by atoms with Crippen LogP contribution in [0, 0.1) is 0 Å². The van der Waals surface area contributed by atoms with Gasteiger partial charge in [0.05, 0.1) is 18.4 Å². The molecule has 0 fully saturated rings. The van der Waals surface area contributed by atoms with E-state index in [0.717, 1.165) is 11.3 Å². The minimum absolute atomic E-state index is 0.0384. The maximum absolute atomic E-state index is 12.0. The van der Waals surface area contributed by atoms with E-state index in [-0.39, 0.29) is 12.5 Å². The van der Waals surface area contributed by atoms with Crippen LogP contribution in [0.1, 0.15) is 5.56 Å². The van der Waals surface area contributed by atoms with E-state index in [1.807, 2.05) is 13.2 Å². The van der Waals surface area contributed by atoms with Gasteiger partial charge in [0, 0.05) is 30.6 Å². The number of aryl methyl sites for hydroxylation is 1. The lowest BCUT2D eigenvalue weighted by molar-refractivity contribution is -0.121. The Labute approximate surface area is 110 Å². The van der Waals surface area contributed by atoms with Crippen molar-refractivity contribution in [1.82, 2.24) is 9.78 Å². The summed E-state index contributed by atoms with van der Waals surface area (Å²) in [6.07, 6.45) is 3.64. The highest BCUT2D eigenvalue weighted by Gasteiger charge is 2.25. The Kier molecular flexibility index (Phi) is 2.63. The molecule has 3 rings (SSSR count). The van der Waals surface area contributed by atoms with Crippen LogP contribution in [0.2, 0.25) is 0 Å². The number of benzene rings is 1. The summed E-state index contributed by atoms with van der Waals surface area (Å²) in [4.78, 5) is 13.7. The average Bonchev–Trinajstić information content (AvgIpc) is 2.78. The van der Waals surface area contributed by atoms with E-state index in [1.54, 1.807) is 34.0 Å². The minimum Gasteiger partial charge on any atom is -0.481 e. The predicted octanol–water partition coefficient (Wildman–Crippen LogP) is 0.928. The summed E-state index contributed by atoms with van der Waals surface area (Å²) in [5.74, 6) is 0.574. The Balaban J connectivity index is 1.94. The second kappa shape index (κ2) is 4.31. The Morgan fingerprint density at radius 3 is 3.05 bits per heavy atom. The van der Waals surface area contributed by atoms with E-state index in [2.05, 4.69) is 5.10 Å². The standard InChI is InChI=1S/C13H14N4O2/c1-16-6-9(5-15-16)7-17-11-3-2-10(14)4-12(11)19-8-13(17)18/h2-6H,7-8,14H2,1H3. The van der Waals surface area contributed by atoms with Crippen LogP contribution in [0.15, 0.2) is 30.6 Å². The maximum Gasteiger partial charge on any atom is 0.265 e. The zero-order valence-electron chi connectivity index (χ0n) is 10.5. The van der Waals surface area contributed by atoms with E-state index < -0.39 is 0 Å². The van der Waals surface area contributed by atoms with Gasteiger partial charge >= 0.3 is 0 Å². The number of anilines is 2. The summed E-state index contributed by atoms with van der Waals surface area (Å²) in [6, 6.07) is 5.30. The molecule has 0 unspecified atom stereocenters. The molecule has 19 heavy (non-hydrogen) atoms. The van der Waals surface area contributed by atoms with E-state index in [1.165, 1.54) is 0 Å². The van der Waals surface area contributed by atoms with Gasteiger partial charge in [-0.3, -0.25) is 9.48 Å². The highest BCUT2D eigenvalue weighted by molar-refractivity contribution is 5.98. The van der Waals surface area contributed by atoms with Crippen molar-refractivity contribution >= 4 is 17.3 Å². The van der Waals surface area contributed by atoms with Crippen LogP contribution in [-0.4, -0.2) is 22.3 Å². The molecule has 98 valence electrons. The van der Waals surface area contributed by atoms with Gasteiger partial charge in [0.1, 0.15) is 5.75 Å². The molecule has 0 atom stereocenters. The number of hydrogen-bond acceptors (Lipinski definition) is 4. The smallest absolute Gasteiger partial charge is 0.265 e. The predicted molar refractivity (Wildman–Crippen MR) is 70.7 cm³/mol. The normalized spacial score (nSPS) is 14.2. The first-order valence-electron chi connectivity index (χ1n) is 5.94. The molecule has 2 aromatic rings. The van der Waals surface area contributed by atoms with E-state index >= 15 is 0 Å². The number of hydrogen-bond donors (Lipinski definition) is 1. The minimum atomic E-state index is -0.0684. The Hall–Kier alpha value is -2.50. The van der Waals surface area contributed by atoms with Gasteiger partial charge in [-0.2, -0.15) is 5.10 Å². The van der Waals surface area contributed by atoms with Crippen LogP contribution in [0.4, 0.5) is 11.4 Å². The van der Waals surface area contributed by atoms with Crippen molar-refractivity contribution in [3.63, 3.8) is 0 Å². The number of carbonyl (C=O) groups is 1. The Morgan fingerprint density at radius 1 is 1.47 bits per heavy atom. The van der Waals surface area contributed by atoms with Gasteiger partial charge in [-0.05, 0) is 12.1 Å². The number of fused-ring (bicyclic) bond motifs is 1. The number of rotatable bonds is 2. The highest BCUT2D eigenvalue weighted by atomic mass is 16.5. The van der Waals surface area contributed by atoms with Crippen molar-refractivity contribution in [3.05, 3.63) is 36.2 Å². The summed E-state index contributed by atoms with van der Waals surface area (Å²) in [7, 11) is 1.85. The lowest BCUT2D eigenvalue weighted by atomic mass is 10.2. The summed E-state index contributed by atoms with van der Waals surface area (Å²) in [5, 5.41) is 4.10. The van der Waals surface area contributed by atoms with Crippen LogP contribution in [-0.2, 0) is 18.4 Å². The second-order valence-electron chi connectivity index (χ2n) is 4.52. The lowest BCUT2D eigenvalue weighted by Crippen LogP contribution is -2.38. The molecule has 0 saturated carbocycles. The van der Waals surface area contributed by atoms with Crippen molar-refractivity contribution in [2.24, 2.45) is 7.05 Å². The van der Waals surface area contributed by atoms with Gasteiger partial charge < -0.3 is 15.4 Å². The monoisotopic (exact) mass is 258 g/mol. The molecular weight excluding hydrogens is 244 g/mol. The first-order valence-corrected chi connectivity index (χ1v) is 5.94. The maximum atomic E-state index is 12.0. The topological polar surface area (TPSA) is 73.4 Å². The SMILES string of the molecule is Cn1cc(CN2C(=O)COc3cc(N)ccc32)cn1. The van der Waals surface area contributed by atoms with Crippen molar-refractivity contribution in [3.8, 4) is 5.75 Å². The second-order valence-corrected chi connectivity index (χ2v) is 4.52. The largest absolute Gasteiger partial charge is 0.481 e. The summed E-state index contributed by atoms with van der Waals surface area (Å²) in [5.41, 5.74) is 8.06. The molecule has 1 aromatic heterocycles. The van der Waals surface area contributed by atoms with Crippen LogP contribution in [0.5, 0.6) is 5.75 Å². The molecule has 0 spiro atoms. The quantitative estimate of drug-likeness (QED) is 0.813. The Morgan fingerprint density at radius 2 is 2.32 bits per heavy atom. The molecular formula is C13H14N4O2. The number of nitrogens with two attached hydrogens (primary N) is 1. The molecule has 0 aliphatic carbocycles. The van der Waals surface area contributed by atoms with Crippen LogP contribution >= 0.6 is 0 Å². The van der Waals surface area contributed by atoms with Gasteiger partial charge in [-0.1, -0.05) is 0 Å².